The van der Waals surface area contributed by atoms with Crippen molar-refractivity contribution in [3.05, 3.63) is 24.3 Å². The van der Waals surface area contributed by atoms with Gasteiger partial charge in [-0.25, -0.2) is 0 Å². The van der Waals surface area contributed by atoms with Gasteiger partial charge in [0.05, 0.1) is 5.60 Å². The third kappa shape index (κ3) is 3.25. The second kappa shape index (κ2) is 7.62. The lowest BCUT2D eigenvalue weighted by Gasteiger charge is -2.61. The molecule has 0 amide bonds. The zero-order chi connectivity index (χ0) is 23.9. The van der Waals surface area contributed by atoms with Gasteiger partial charge < -0.3 is 5.11 Å². The van der Waals surface area contributed by atoms with Crippen molar-refractivity contribution in [2.24, 2.45) is 40.4 Å². The molecule has 1 aromatic heterocycles. The summed E-state index contributed by atoms with van der Waals surface area (Å²) < 4.78 is 0. The van der Waals surface area contributed by atoms with E-state index in [0.29, 0.717) is 23.0 Å². The number of aliphatic hydroxyl groups is 1. The van der Waals surface area contributed by atoms with Crippen LogP contribution in [0.1, 0.15) is 91.5 Å². The first-order chi connectivity index (χ1) is 16.1. The summed E-state index contributed by atoms with van der Waals surface area (Å²) in [7, 11) is 0. The highest BCUT2D eigenvalue weighted by Crippen LogP contribution is 2.68. The first-order valence-electron chi connectivity index (χ1n) is 13.7. The number of hydrogen-bond acceptors (Lipinski definition) is 4. The summed E-state index contributed by atoms with van der Waals surface area (Å²) in [6.45, 7) is 9.01. The van der Waals surface area contributed by atoms with Crippen LogP contribution in [0.3, 0.4) is 0 Å². The molecule has 5 nitrogen and oxygen atoms in total. The van der Waals surface area contributed by atoms with Gasteiger partial charge in [0.1, 0.15) is 17.1 Å². The summed E-state index contributed by atoms with van der Waals surface area (Å²) in [6, 6.07) is 7.55. The van der Waals surface area contributed by atoms with Crippen molar-refractivity contribution in [3.8, 4) is 0 Å². The van der Waals surface area contributed by atoms with Crippen molar-refractivity contribution < 1.29 is 9.90 Å². The summed E-state index contributed by atoms with van der Waals surface area (Å²) in [5, 5.41) is 20.0. The molecule has 0 saturated heterocycles. The summed E-state index contributed by atoms with van der Waals surface area (Å²) in [5.74, 6) is 3.24. The molecule has 5 heteroatoms. The molecule has 6 rings (SSSR count). The van der Waals surface area contributed by atoms with Crippen LogP contribution in [0.5, 0.6) is 0 Å². The minimum atomic E-state index is -0.480. The second-order valence-electron chi connectivity index (χ2n) is 13.1. The van der Waals surface area contributed by atoms with Crippen LogP contribution in [0.15, 0.2) is 24.3 Å². The molecule has 1 N–H and O–H groups in total. The van der Waals surface area contributed by atoms with Gasteiger partial charge in [0.2, 0.25) is 0 Å². The second-order valence-corrected chi connectivity index (χ2v) is 13.1. The molecule has 1 aromatic carbocycles. The highest BCUT2D eigenvalue weighted by Gasteiger charge is 2.62. The maximum atomic E-state index is 13.9. The molecule has 4 fully saturated rings. The Kier molecular flexibility index (Phi) is 5.09. The minimum Gasteiger partial charge on any atom is -0.390 e. The fourth-order valence-corrected chi connectivity index (χ4v) is 9.35. The number of fused-ring (bicyclic) bond motifs is 6. The van der Waals surface area contributed by atoms with Gasteiger partial charge in [-0.15, -0.1) is 0 Å². The standard InChI is InChI=1S/C29H41N3O2/c1-18(32-30-24-7-5-6-8-25(24)31-32)26(33)23-12-11-21-20-10-9-19-17-27(2,34)15-16-28(19,3)22(20)13-14-29(21,23)4/h5-8,18-23,34H,9-17H2,1-4H3/t18-,19+,20-,21-,22-,23+,27+,28-,29-/m0/s1. The average Bonchev–Trinajstić information content (AvgIpc) is 3.39. The van der Waals surface area contributed by atoms with Crippen molar-refractivity contribution in [1.29, 1.82) is 0 Å². The fourth-order valence-electron chi connectivity index (χ4n) is 9.35. The van der Waals surface area contributed by atoms with Crippen LogP contribution < -0.4 is 0 Å². The van der Waals surface area contributed by atoms with Crippen molar-refractivity contribution in [2.75, 3.05) is 0 Å². The molecule has 9 atom stereocenters. The predicted molar refractivity (Wildman–Crippen MR) is 133 cm³/mol. The number of rotatable bonds is 3. The predicted octanol–water partition coefficient (Wildman–Crippen LogP) is 5.97. The van der Waals surface area contributed by atoms with Crippen LogP contribution in [0, 0.1) is 40.4 Å². The zero-order valence-corrected chi connectivity index (χ0v) is 21.3. The highest BCUT2D eigenvalue weighted by molar-refractivity contribution is 5.86. The van der Waals surface area contributed by atoms with Gasteiger partial charge in [0.15, 0.2) is 5.78 Å². The number of hydrogen-bond donors (Lipinski definition) is 1. The van der Waals surface area contributed by atoms with Crippen LogP contribution in [0.2, 0.25) is 0 Å². The summed E-state index contributed by atoms with van der Waals surface area (Å²) in [6.07, 6.45) is 10.2. The van der Waals surface area contributed by atoms with Gasteiger partial charge in [-0.05, 0) is 118 Å². The van der Waals surface area contributed by atoms with Crippen molar-refractivity contribution in [3.63, 3.8) is 0 Å². The number of aromatic nitrogens is 3. The zero-order valence-electron chi connectivity index (χ0n) is 21.3. The monoisotopic (exact) mass is 463 g/mol. The quantitative estimate of drug-likeness (QED) is 0.609. The Morgan fingerprint density at radius 3 is 2.32 bits per heavy atom. The molecule has 34 heavy (non-hydrogen) atoms. The largest absolute Gasteiger partial charge is 0.390 e. The van der Waals surface area contributed by atoms with Crippen LogP contribution >= 0.6 is 0 Å². The van der Waals surface area contributed by atoms with E-state index in [1.807, 2.05) is 38.1 Å². The van der Waals surface area contributed by atoms with E-state index >= 15 is 0 Å². The van der Waals surface area contributed by atoms with E-state index in [2.05, 4.69) is 24.0 Å². The lowest BCUT2D eigenvalue weighted by molar-refractivity contribution is -0.151. The van der Waals surface area contributed by atoms with Crippen molar-refractivity contribution in [1.82, 2.24) is 15.0 Å². The molecular formula is C29H41N3O2. The van der Waals surface area contributed by atoms with Gasteiger partial charge in [-0.1, -0.05) is 26.0 Å². The minimum absolute atomic E-state index is 0.0996. The van der Waals surface area contributed by atoms with Crippen LogP contribution in [-0.2, 0) is 4.79 Å². The van der Waals surface area contributed by atoms with Gasteiger partial charge in [-0.2, -0.15) is 15.0 Å². The number of carbonyl (C=O) groups excluding carboxylic acids is 1. The van der Waals surface area contributed by atoms with Gasteiger partial charge >= 0.3 is 0 Å². The SMILES string of the molecule is C[C@@H](C(=O)[C@H]1CC[C@H]2[C@@H]3CC[C@@H]4C[C@](C)(O)CC[C@]4(C)[C@H]3CC[C@]12C)n1nc2ccccc2n1. The molecule has 0 bridgehead atoms. The molecule has 2 aromatic rings. The maximum Gasteiger partial charge on any atom is 0.162 e. The van der Waals surface area contributed by atoms with E-state index in [1.165, 1.54) is 25.7 Å². The number of carbonyl (C=O) groups is 1. The lowest BCUT2D eigenvalue weighted by Crippen LogP contribution is -2.55. The number of Topliss-reactive ketones (excluding diaryl/α,β-unsaturated/α-hetero) is 1. The van der Waals surface area contributed by atoms with E-state index in [9.17, 15) is 9.90 Å². The number of benzene rings is 1. The van der Waals surface area contributed by atoms with Crippen molar-refractivity contribution in [2.45, 2.75) is 97.1 Å². The Hall–Kier alpha value is -1.75. The van der Waals surface area contributed by atoms with Gasteiger partial charge in [-0.3, -0.25) is 4.79 Å². The highest BCUT2D eigenvalue weighted by atomic mass is 16.3. The fraction of sp³-hybridized carbons (Fsp3) is 0.759. The van der Waals surface area contributed by atoms with Crippen LogP contribution in [0.25, 0.3) is 11.0 Å². The van der Waals surface area contributed by atoms with E-state index in [0.717, 1.165) is 55.0 Å². The number of nitrogens with zero attached hydrogens (tertiary/aromatic N) is 3. The van der Waals surface area contributed by atoms with Crippen molar-refractivity contribution >= 4 is 16.8 Å². The van der Waals surface area contributed by atoms with E-state index < -0.39 is 5.60 Å². The lowest BCUT2D eigenvalue weighted by atomic mass is 9.44. The molecule has 0 unspecified atom stereocenters. The molecule has 4 saturated carbocycles. The van der Waals surface area contributed by atoms with Gasteiger partial charge in [0, 0.05) is 5.92 Å². The molecule has 0 aliphatic heterocycles. The Balaban J connectivity index is 1.23. The molecule has 0 spiro atoms. The van der Waals surface area contributed by atoms with Gasteiger partial charge in [0.25, 0.3) is 0 Å². The molecule has 4 aliphatic carbocycles. The van der Waals surface area contributed by atoms with Crippen LogP contribution in [-0.4, -0.2) is 31.5 Å². The topological polar surface area (TPSA) is 68.0 Å². The summed E-state index contributed by atoms with van der Waals surface area (Å²) in [4.78, 5) is 15.5. The van der Waals surface area contributed by atoms with Crippen LogP contribution in [0.4, 0.5) is 0 Å². The Morgan fingerprint density at radius 1 is 0.941 bits per heavy atom. The van der Waals surface area contributed by atoms with E-state index in [-0.39, 0.29) is 17.4 Å². The smallest absolute Gasteiger partial charge is 0.162 e. The Bertz CT molecular complexity index is 1070. The molecular weight excluding hydrogens is 422 g/mol. The third-order valence-electron chi connectivity index (χ3n) is 11.4. The first-order valence-corrected chi connectivity index (χ1v) is 13.7. The molecule has 0 radical (unpaired) electrons. The molecule has 4 aliphatic rings. The maximum absolute atomic E-state index is 13.9. The Morgan fingerprint density at radius 2 is 1.62 bits per heavy atom. The first kappa shape index (κ1) is 22.7. The average molecular weight is 464 g/mol. The third-order valence-corrected chi connectivity index (χ3v) is 11.4. The summed E-state index contributed by atoms with van der Waals surface area (Å²) >= 11 is 0. The summed E-state index contributed by atoms with van der Waals surface area (Å²) in [5.41, 5.74) is 1.69. The number of ketones is 1. The molecule has 184 valence electrons. The Labute approximate surface area is 203 Å². The normalized spacial score (nSPS) is 44.8. The van der Waals surface area contributed by atoms with E-state index in [1.54, 1.807) is 4.80 Å². The molecule has 1 heterocycles. The van der Waals surface area contributed by atoms with E-state index in [4.69, 9.17) is 0 Å².